The highest BCUT2D eigenvalue weighted by atomic mass is 32.2. The number of carboxylic acid groups (broad SMARTS) is 1. The third kappa shape index (κ3) is 9.93. The molecule has 3 unspecified atom stereocenters. The number of rotatable bonds is 15. The van der Waals surface area contributed by atoms with Gasteiger partial charge in [0.15, 0.2) is 0 Å². The molecule has 0 heterocycles. The van der Waals surface area contributed by atoms with Gasteiger partial charge in [0.25, 0.3) is 0 Å². The van der Waals surface area contributed by atoms with Crippen LogP contribution in [0.2, 0.25) is 0 Å². The number of methoxy groups -OCH3 is 1. The van der Waals surface area contributed by atoms with Gasteiger partial charge in [-0.25, -0.2) is 0 Å². The molecular formula is C21H36NO7PS. The molecule has 0 aliphatic rings. The van der Waals surface area contributed by atoms with Crippen LogP contribution in [0.1, 0.15) is 46.1 Å². The van der Waals surface area contributed by atoms with Crippen LogP contribution < -0.4 is 9.46 Å². The van der Waals surface area contributed by atoms with Gasteiger partial charge in [0, 0.05) is 31.1 Å². The lowest BCUT2D eigenvalue weighted by Crippen LogP contribution is -2.45. The Hall–Kier alpha value is -1.09. The average Bonchev–Trinajstić information content (AvgIpc) is 2.69. The largest absolute Gasteiger partial charge is 0.598 e. The highest BCUT2D eigenvalue weighted by Crippen LogP contribution is 2.53. The number of ether oxygens (including phenoxy) is 2. The molecule has 3 atom stereocenters. The summed E-state index contributed by atoms with van der Waals surface area (Å²) >= 11 is -1.52. The van der Waals surface area contributed by atoms with Crippen molar-refractivity contribution in [1.29, 1.82) is 0 Å². The molecule has 0 saturated carbocycles. The predicted octanol–water partition coefficient (Wildman–Crippen LogP) is 3.81. The lowest BCUT2D eigenvalue weighted by molar-refractivity contribution is -0.137. The topological polar surface area (TPSA) is 117 Å². The Morgan fingerprint density at radius 2 is 1.97 bits per heavy atom. The van der Waals surface area contributed by atoms with Crippen LogP contribution in [0.15, 0.2) is 24.3 Å². The Labute approximate surface area is 188 Å². The minimum Gasteiger partial charge on any atom is -0.598 e. The van der Waals surface area contributed by atoms with Crippen LogP contribution in [0.5, 0.6) is 5.75 Å². The van der Waals surface area contributed by atoms with Crippen molar-refractivity contribution in [3.63, 3.8) is 0 Å². The Morgan fingerprint density at radius 1 is 1.29 bits per heavy atom. The van der Waals surface area contributed by atoms with E-state index in [1.807, 2.05) is 24.3 Å². The quantitative estimate of drug-likeness (QED) is 0.222. The van der Waals surface area contributed by atoms with Gasteiger partial charge >= 0.3 is 5.97 Å². The minimum atomic E-state index is -3.37. The predicted molar refractivity (Wildman–Crippen MR) is 123 cm³/mol. The summed E-state index contributed by atoms with van der Waals surface area (Å²) in [6, 6.07) is 7.47. The van der Waals surface area contributed by atoms with Crippen LogP contribution in [0, 0.1) is 0 Å². The van der Waals surface area contributed by atoms with Crippen LogP contribution in [-0.2, 0) is 36.4 Å². The highest BCUT2D eigenvalue weighted by molar-refractivity contribution is 7.91. The molecule has 0 aliphatic carbocycles. The second-order valence-electron chi connectivity index (χ2n) is 8.01. The molecule has 8 nitrogen and oxygen atoms in total. The number of para-hydroxylation sites is 1. The average molecular weight is 478 g/mol. The summed E-state index contributed by atoms with van der Waals surface area (Å²) in [4.78, 5) is 11.2. The molecule has 0 saturated heterocycles. The molecule has 0 fully saturated rings. The molecule has 0 spiro atoms. The number of hydrogen-bond acceptors (Lipinski definition) is 7. The fourth-order valence-electron chi connectivity index (χ4n) is 2.79. The Morgan fingerprint density at radius 3 is 2.55 bits per heavy atom. The van der Waals surface area contributed by atoms with Gasteiger partial charge in [0.1, 0.15) is 22.9 Å². The van der Waals surface area contributed by atoms with E-state index in [4.69, 9.17) is 19.1 Å². The number of aryl methyl sites for hydroxylation is 1. The first kappa shape index (κ1) is 27.9. The van der Waals surface area contributed by atoms with Crippen molar-refractivity contribution in [2.24, 2.45) is 0 Å². The molecule has 0 bridgehead atoms. The monoisotopic (exact) mass is 477 g/mol. The van der Waals surface area contributed by atoms with E-state index in [2.05, 4.69) is 4.72 Å². The SMILES string of the molecule is CCOP(=O)(CCc1ccccc1OCCOC)C(CCC(=O)O)N[S+]([O-])C(C)(C)C. The van der Waals surface area contributed by atoms with Crippen molar-refractivity contribution in [3.05, 3.63) is 29.8 Å². The van der Waals surface area contributed by atoms with E-state index >= 15 is 0 Å². The molecule has 1 aromatic rings. The van der Waals surface area contributed by atoms with Gasteiger partial charge < -0.3 is 23.7 Å². The first-order valence-corrected chi connectivity index (χ1v) is 13.4. The molecule has 10 heteroatoms. The molecule has 0 aromatic heterocycles. The first-order valence-electron chi connectivity index (χ1n) is 10.4. The summed E-state index contributed by atoms with van der Waals surface area (Å²) < 4.78 is 45.3. The zero-order valence-electron chi connectivity index (χ0n) is 19.1. The molecular weight excluding hydrogens is 441 g/mol. The van der Waals surface area contributed by atoms with E-state index in [0.29, 0.717) is 25.4 Å². The summed E-state index contributed by atoms with van der Waals surface area (Å²) in [5, 5.41) is 9.14. The van der Waals surface area contributed by atoms with Gasteiger partial charge in [0.05, 0.1) is 13.2 Å². The summed E-state index contributed by atoms with van der Waals surface area (Å²) in [5.41, 5.74) is 0.868. The molecule has 0 aliphatic heterocycles. The van der Waals surface area contributed by atoms with Crippen LogP contribution in [0.25, 0.3) is 0 Å². The number of carboxylic acids is 1. The first-order chi connectivity index (χ1) is 14.5. The lowest BCUT2D eigenvalue weighted by Gasteiger charge is -2.32. The molecule has 2 N–H and O–H groups in total. The minimum absolute atomic E-state index is 0.0560. The van der Waals surface area contributed by atoms with Crippen LogP contribution in [-0.4, -0.2) is 59.3 Å². The van der Waals surface area contributed by atoms with Crippen molar-refractivity contribution < 1.29 is 33.0 Å². The maximum atomic E-state index is 13.9. The van der Waals surface area contributed by atoms with E-state index in [-0.39, 0.29) is 25.6 Å². The number of hydrogen-bond donors (Lipinski definition) is 2. The normalized spacial score (nSPS) is 15.8. The lowest BCUT2D eigenvalue weighted by atomic mass is 10.1. The summed E-state index contributed by atoms with van der Waals surface area (Å²) in [5.74, 6) is -1.16. The van der Waals surface area contributed by atoms with Crippen molar-refractivity contribution in [2.45, 2.75) is 57.5 Å². The molecule has 0 amide bonds. The summed E-state index contributed by atoms with van der Waals surface area (Å²) in [6.45, 7) is 8.17. The smallest absolute Gasteiger partial charge is 0.303 e. The van der Waals surface area contributed by atoms with Gasteiger partial charge in [0.2, 0.25) is 7.37 Å². The summed E-state index contributed by atoms with van der Waals surface area (Å²) in [6.07, 6.45) is 0.436. The van der Waals surface area contributed by atoms with Gasteiger partial charge in [-0.1, -0.05) is 18.2 Å². The maximum absolute atomic E-state index is 13.9. The van der Waals surface area contributed by atoms with E-state index in [0.717, 1.165) is 5.56 Å². The van der Waals surface area contributed by atoms with Crippen LogP contribution in [0.4, 0.5) is 0 Å². The highest BCUT2D eigenvalue weighted by Gasteiger charge is 2.40. The van der Waals surface area contributed by atoms with E-state index in [1.54, 1.807) is 34.8 Å². The molecule has 1 aromatic carbocycles. The third-order valence-corrected chi connectivity index (χ3v) is 9.13. The fraction of sp³-hybridized carbons (Fsp3) is 0.667. The standard InChI is InChI=1S/C21H36NO7PS/c1-6-29-30(25,19(11-12-20(23)24)22-31(26)21(2,3)4)16-13-17-9-7-8-10-18(17)28-15-14-27-5/h7-10,19,22H,6,11-16H2,1-5H3,(H,23,24). The Balaban J connectivity index is 3.06. The second kappa shape index (κ2) is 13.5. The second-order valence-corrected chi connectivity index (χ2v) is 12.8. The van der Waals surface area contributed by atoms with Crippen molar-refractivity contribution in [1.82, 2.24) is 4.72 Å². The summed E-state index contributed by atoms with van der Waals surface area (Å²) in [7, 11) is -1.78. The number of benzene rings is 1. The molecule has 0 radical (unpaired) electrons. The molecule has 1 rings (SSSR count). The van der Waals surface area contributed by atoms with E-state index < -0.39 is 35.2 Å². The van der Waals surface area contributed by atoms with Gasteiger partial charge in [-0.15, -0.1) is 4.72 Å². The van der Waals surface area contributed by atoms with Gasteiger partial charge in [-0.2, -0.15) is 0 Å². The maximum Gasteiger partial charge on any atom is 0.303 e. The van der Waals surface area contributed by atoms with Crippen molar-refractivity contribution in [3.8, 4) is 5.75 Å². The van der Waals surface area contributed by atoms with Crippen molar-refractivity contribution >= 4 is 24.7 Å². The number of nitrogens with one attached hydrogen (secondary N) is 1. The third-order valence-electron chi connectivity index (χ3n) is 4.46. The Kier molecular flexibility index (Phi) is 12.1. The van der Waals surface area contributed by atoms with E-state index in [9.17, 15) is 13.9 Å². The van der Waals surface area contributed by atoms with E-state index in [1.165, 1.54) is 0 Å². The number of carbonyl (C=O) groups is 1. The zero-order chi connectivity index (χ0) is 23.5. The number of aliphatic carboxylic acids is 1. The zero-order valence-corrected chi connectivity index (χ0v) is 20.8. The molecule has 178 valence electrons. The van der Waals surface area contributed by atoms with Crippen LogP contribution in [0.3, 0.4) is 0 Å². The van der Waals surface area contributed by atoms with Gasteiger partial charge in [-0.3, -0.25) is 9.36 Å². The molecule has 31 heavy (non-hydrogen) atoms. The van der Waals surface area contributed by atoms with Crippen molar-refractivity contribution in [2.75, 3.05) is 33.1 Å². The Bertz CT molecular complexity index is 726. The van der Waals surface area contributed by atoms with Gasteiger partial charge in [-0.05, 0) is 52.2 Å². The fourth-order valence-corrected chi connectivity index (χ4v) is 6.57. The van der Waals surface area contributed by atoms with Crippen LogP contribution >= 0.6 is 7.37 Å².